The summed E-state index contributed by atoms with van der Waals surface area (Å²) < 4.78 is 6.65. The van der Waals surface area contributed by atoms with E-state index in [9.17, 15) is 0 Å². The van der Waals surface area contributed by atoms with Gasteiger partial charge in [0, 0.05) is 0 Å². The number of hydrogen-bond donors (Lipinski definition) is 2. The molecular formula is C8H15N3O3. The van der Waals surface area contributed by atoms with E-state index >= 15 is 0 Å². The van der Waals surface area contributed by atoms with Gasteiger partial charge < -0.3 is 14.9 Å². The van der Waals surface area contributed by atoms with Gasteiger partial charge in [0.15, 0.2) is 0 Å². The number of rotatable bonds is 6. The molecule has 0 saturated heterocycles. The van der Waals surface area contributed by atoms with Gasteiger partial charge in [-0.15, -0.1) is 5.10 Å². The Balaban J connectivity index is 2.29. The Morgan fingerprint density at radius 3 is 2.93 bits per heavy atom. The molecule has 1 heterocycles. The highest BCUT2D eigenvalue weighted by Crippen LogP contribution is 2.05. The Hall–Kier alpha value is -0.980. The second-order valence-corrected chi connectivity index (χ2v) is 2.92. The predicted molar refractivity (Wildman–Crippen MR) is 48.6 cm³/mol. The fourth-order valence-corrected chi connectivity index (χ4v) is 0.939. The van der Waals surface area contributed by atoms with Gasteiger partial charge in [-0.25, -0.2) is 4.68 Å². The number of aliphatic hydroxyl groups is 2. The Morgan fingerprint density at radius 1 is 1.57 bits per heavy atom. The predicted octanol–water partition coefficient (Wildman–Crippen LogP) is -0.660. The molecule has 0 aliphatic heterocycles. The number of aromatic nitrogens is 3. The van der Waals surface area contributed by atoms with E-state index in [2.05, 4.69) is 10.3 Å². The minimum atomic E-state index is -0.595. The van der Waals surface area contributed by atoms with Crippen molar-refractivity contribution in [1.82, 2.24) is 15.0 Å². The first kappa shape index (κ1) is 11.1. The second-order valence-electron chi connectivity index (χ2n) is 2.92. The van der Waals surface area contributed by atoms with Gasteiger partial charge in [-0.05, 0) is 6.92 Å². The number of nitrogens with zero attached hydrogens (tertiary/aromatic N) is 3. The highest BCUT2D eigenvalue weighted by molar-refractivity contribution is 4.95. The molecule has 6 heteroatoms. The molecule has 2 N–H and O–H groups in total. The molecule has 1 aromatic heterocycles. The van der Waals surface area contributed by atoms with Crippen molar-refractivity contribution < 1.29 is 14.9 Å². The minimum absolute atomic E-state index is 0.0241. The van der Waals surface area contributed by atoms with Crippen LogP contribution in [0, 0.1) is 0 Å². The zero-order valence-electron chi connectivity index (χ0n) is 8.13. The van der Waals surface area contributed by atoms with Crippen LogP contribution in [0.5, 0.6) is 0 Å². The van der Waals surface area contributed by atoms with Crippen LogP contribution in [-0.4, -0.2) is 45.0 Å². The number of aliphatic hydroxyl groups excluding tert-OH is 2. The van der Waals surface area contributed by atoms with Gasteiger partial charge >= 0.3 is 0 Å². The van der Waals surface area contributed by atoms with Crippen molar-refractivity contribution >= 4 is 0 Å². The molecule has 1 atom stereocenters. The van der Waals surface area contributed by atoms with Crippen molar-refractivity contribution in [2.24, 2.45) is 0 Å². The van der Waals surface area contributed by atoms with E-state index in [0.717, 1.165) is 0 Å². The molecule has 0 saturated carbocycles. The monoisotopic (exact) mass is 201 g/mol. The van der Waals surface area contributed by atoms with Crippen LogP contribution < -0.4 is 0 Å². The third kappa shape index (κ3) is 3.41. The molecule has 0 bridgehead atoms. The lowest BCUT2D eigenvalue weighted by Crippen LogP contribution is -2.08. The average molecular weight is 201 g/mol. The molecule has 0 spiro atoms. The summed E-state index contributed by atoms with van der Waals surface area (Å²) in [7, 11) is 0. The third-order valence-corrected chi connectivity index (χ3v) is 1.68. The molecule has 0 radical (unpaired) electrons. The fourth-order valence-electron chi connectivity index (χ4n) is 0.939. The fraction of sp³-hybridized carbons (Fsp3) is 0.750. The van der Waals surface area contributed by atoms with E-state index in [4.69, 9.17) is 14.9 Å². The molecular weight excluding hydrogens is 186 g/mol. The SMILES string of the molecule is CC(O)c1cn(CCOCCO)nn1. The lowest BCUT2D eigenvalue weighted by Gasteiger charge is -2.01. The Morgan fingerprint density at radius 2 is 2.36 bits per heavy atom. The Labute approximate surface area is 82.1 Å². The summed E-state index contributed by atoms with van der Waals surface area (Å²) in [6, 6.07) is 0. The highest BCUT2D eigenvalue weighted by atomic mass is 16.5. The maximum absolute atomic E-state index is 9.17. The Bertz CT molecular complexity index is 262. The van der Waals surface area contributed by atoms with Gasteiger partial charge in [0.25, 0.3) is 0 Å². The largest absolute Gasteiger partial charge is 0.394 e. The quantitative estimate of drug-likeness (QED) is 0.597. The van der Waals surface area contributed by atoms with Crippen molar-refractivity contribution in [3.8, 4) is 0 Å². The molecule has 1 rings (SSSR count). The normalized spacial score (nSPS) is 13.1. The van der Waals surface area contributed by atoms with Crippen molar-refractivity contribution in [2.75, 3.05) is 19.8 Å². The van der Waals surface area contributed by atoms with Gasteiger partial charge in [0.2, 0.25) is 0 Å². The molecule has 0 aliphatic carbocycles. The minimum Gasteiger partial charge on any atom is -0.394 e. The van der Waals surface area contributed by atoms with Crippen LogP contribution in [0.2, 0.25) is 0 Å². The first-order valence-electron chi connectivity index (χ1n) is 4.50. The van der Waals surface area contributed by atoms with Crippen LogP contribution in [0.3, 0.4) is 0 Å². The standard InChI is InChI=1S/C8H15N3O3/c1-7(13)8-6-11(10-9-8)2-4-14-5-3-12/h6-7,12-13H,2-5H2,1H3. The van der Waals surface area contributed by atoms with E-state index in [1.807, 2.05) is 0 Å². The molecule has 0 fully saturated rings. The molecule has 80 valence electrons. The molecule has 0 aliphatic rings. The van der Waals surface area contributed by atoms with E-state index in [-0.39, 0.29) is 6.61 Å². The van der Waals surface area contributed by atoms with Gasteiger partial charge in [-0.1, -0.05) is 5.21 Å². The van der Waals surface area contributed by atoms with Gasteiger partial charge in [0.1, 0.15) is 5.69 Å². The van der Waals surface area contributed by atoms with Crippen LogP contribution >= 0.6 is 0 Å². The lowest BCUT2D eigenvalue weighted by atomic mass is 10.3. The zero-order chi connectivity index (χ0) is 10.4. The number of ether oxygens (including phenoxy) is 1. The molecule has 1 unspecified atom stereocenters. The maximum atomic E-state index is 9.17. The van der Waals surface area contributed by atoms with E-state index in [1.165, 1.54) is 0 Å². The van der Waals surface area contributed by atoms with E-state index in [1.54, 1.807) is 17.8 Å². The van der Waals surface area contributed by atoms with Crippen molar-refractivity contribution in [1.29, 1.82) is 0 Å². The average Bonchev–Trinajstić information content (AvgIpc) is 2.61. The smallest absolute Gasteiger partial charge is 0.111 e. The zero-order valence-corrected chi connectivity index (χ0v) is 8.13. The van der Waals surface area contributed by atoms with Crippen LogP contribution in [0.4, 0.5) is 0 Å². The third-order valence-electron chi connectivity index (χ3n) is 1.68. The summed E-state index contributed by atoms with van der Waals surface area (Å²) in [6.45, 7) is 3.04. The molecule has 6 nitrogen and oxygen atoms in total. The second kappa shape index (κ2) is 5.69. The van der Waals surface area contributed by atoms with Gasteiger partial charge in [-0.2, -0.15) is 0 Å². The first-order chi connectivity index (χ1) is 6.74. The maximum Gasteiger partial charge on any atom is 0.111 e. The van der Waals surface area contributed by atoms with Crippen LogP contribution in [-0.2, 0) is 11.3 Å². The summed E-state index contributed by atoms with van der Waals surface area (Å²) in [6.07, 6.45) is 1.08. The summed E-state index contributed by atoms with van der Waals surface area (Å²) in [5, 5.41) is 25.2. The summed E-state index contributed by atoms with van der Waals surface area (Å²) in [5.74, 6) is 0. The van der Waals surface area contributed by atoms with E-state index < -0.39 is 6.10 Å². The number of hydrogen-bond acceptors (Lipinski definition) is 5. The van der Waals surface area contributed by atoms with Crippen LogP contribution in [0.25, 0.3) is 0 Å². The lowest BCUT2D eigenvalue weighted by molar-refractivity contribution is 0.0851. The topological polar surface area (TPSA) is 80.4 Å². The molecule has 0 aromatic carbocycles. The summed E-state index contributed by atoms with van der Waals surface area (Å²) >= 11 is 0. The van der Waals surface area contributed by atoms with Gasteiger partial charge in [0.05, 0.1) is 38.7 Å². The van der Waals surface area contributed by atoms with E-state index in [0.29, 0.717) is 25.5 Å². The molecule has 1 aromatic rings. The van der Waals surface area contributed by atoms with Crippen molar-refractivity contribution in [2.45, 2.75) is 19.6 Å². The van der Waals surface area contributed by atoms with Crippen molar-refractivity contribution in [3.63, 3.8) is 0 Å². The Kier molecular flexibility index (Phi) is 4.51. The highest BCUT2D eigenvalue weighted by Gasteiger charge is 2.05. The van der Waals surface area contributed by atoms with Crippen LogP contribution in [0.1, 0.15) is 18.7 Å². The summed E-state index contributed by atoms with van der Waals surface area (Å²) in [5.41, 5.74) is 0.548. The summed E-state index contributed by atoms with van der Waals surface area (Å²) in [4.78, 5) is 0. The first-order valence-corrected chi connectivity index (χ1v) is 4.50. The molecule has 0 amide bonds. The van der Waals surface area contributed by atoms with Crippen LogP contribution in [0.15, 0.2) is 6.20 Å². The molecule has 14 heavy (non-hydrogen) atoms. The van der Waals surface area contributed by atoms with Gasteiger partial charge in [-0.3, -0.25) is 0 Å². The van der Waals surface area contributed by atoms with Crippen molar-refractivity contribution in [3.05, 3.63) is 11.9 Å².